The molecule has 1 aromatic carbocycles. The number of amides is 1. The summed E-state index contributed by atoms with van der Waals surface area (Å²) in [6, 6.07) is 8.04. The molecule has 6 nitrogen and oxygen atoms in total. The van der Waals surface area contributed by atoms with E-state index in [0.29, 0.717) is 10.7 Å². The molecule has 1 aromatic heterocycles. The van der Waals surface area contributed by atoms with E-state index in [1.165, 1.54) is 11.0 Å². The second kappa shape index (κ2) is 8.60. The molecule has 0 aliphatic heterocycles. The molecule has 0 spiro atoms. The summed E-state index contributed by atoms with van der Waals surface area (Å²) in [5, 5.41) is 13.4. The van der Waals surface area contributed by atoms with E-state index in [-0.39, 0.29) is 28.7 Å². The van der Waals surface area contributed by atoms with Crippen molar-refractivity contribution in [3.05, 3.63) is 45.7 Å². The minimum Gasteiger partial charge on any atom is -0.493 e. The van der Waals surface area contributed by atoms with Crippen LogP contribution in [0.1, 0.15) is 32.1 Å². The summed E-state index contributed by atoms with van der Waals surface area (Å²) in [5.74, 6) is -0.354. The van der Waals surface area contributed by atoms with Gasteiger partial charge in [-0.05, 0) is 31.0 Å². The molecule has 138 valence electrons. The van der Waals surface area contributed by atoms with Gasteiger partial charge in [0.15, 0.2) is 5.16 Å². The normalized spacial score (nSPS) is 15.0. The fraction of sp³-hybridized carbons (Fsp3) is 0.389. The van der Waals surface area contributed by atoms with E-state index >= 15 is 0 Å². The standard InChI is InChI=1S/C18H20ClN3O3S/c19-12-5-4-8-14(9-12)22-17(25)10-15(23)21-18(22)26-11-16(24)20-13-6-2-1-3-7-13/h4-5,8-10,13,23H,1-3,6-7,11H2,(H,20,24). The molecule has 0 saturated heterocycles. The molecular formula is C18H20ClN3O3S. The lowest BCUT2D eigenvalue weighted by molar-refractivity contribution is -0.119. The number of nitrogens with one attached hydrogen (secondary N) is 1. The maximum Gasteiger partial charge on any atom is 0.262 e. The van der Waals surface area contributed by atoms with Gasteiger partial charge in [0.05, 0.1) is 17.5 Å². The first kappa shape index (κ1) is 18.8. The third-order valence-corrected chi connectivity index (χ3v) is 5.42. The van der Waals surface area contributed by atoms with Gasteiger partial charge in [0.2, 0.25) is 11.8 Å². The highest BCUT2D eigenvalue weighted by Crippen LogP contribution is 2.22. The highest BCUT2D eigenvalue weighted by Gasteiger charge is 2.17. The van der Waals surface area contributed by atoms with Gasteiger partial charge in [-0.15, -0.1) is 0 Å². The van der Waals surface area contributed by atoms with Crippen molar-refractivity contribution in [1.29, 1.82) is 0 Å². The summed E-state index contributed by atoms with van der Waals surface area (Å²) in [5.41, 5.74) is 0.0974. The van der Waals surface area contributed by atoms with Crippen molar-refractivity contribution < 1.29 is 9.90 Å². The number of rotatable bonds is 5. The minimum atomic E-state index is -0.435. The summed E-state index contributed by atoms with van der Waals surface area (Å²) >= 11 is 7.12. The molecule has 2 aromatic rings. The number of thioether (sulfide) groups is 1. The van der Waals surface area contributed by atoms with E-state index in [4.69, 9.17) is 11.6 Å². The van der Waals surface area contributed by atoms with Crippen LogP contribution in [0.25, 0.3) is 5.69 Å². The molecule has 0 atom stereocenters. The lowest BCUT2D eigenvalue weighted by Crippen LogP contribution is -2.37. The number of carbonyl (C=O) groups is 1. The van der Waals surface area contributed by atoms with Crippen LogP contribution in [0.3, 0.4) is 0 Å². The van der Waals surface area contributed by atoms with Crippen molar-refractivity contribution in [2.75, 3.05) is 5.75 Å². The molecule has 1 aliphatic rings. The van der Waals surface area contributed by atoms with E-state index < -0.39 is 5.56 Å². The summed E-state index contributed by atoms with van der Waals surface area (Å²) in [6.45, 7) is 0. The monoisotopic (exact) mass is 393 g/mol. The average Bonchev–Trinajstić information content (AvgIpc) is 2.60. The van der Waals surface area contributed by atoms with Crippen molar-refractivity contribution in [3.8, 4) is 11.6 Å². The van der Waals surface area contributed by atoms with Crippen LogP contribution in [0, 0.1) is 0 Å². The first-order valence-corrected chi connectivity index (χ1v) is 9.90. The summed E-state index contributed by atoms with van der Waals surface area (Å²) < 4.78 is 1.34. The maximum atomic E-state index is 12.3. The van der Waals surface area contributed by atoms with Gasteiger partial charge in [-0.25, -0.2) is 0 Å². The zero-order valence-corrected chi connectivity index (χ0v) is 15.7. The van der Waals surface area contributed by atoms with Gasteiger partial charge in [0.25, 0.3) is 5.56 Å². The Labute approximate surface area is 160 Å². The topological polar surface area (TPSA) is 84.2 Å². The highest BCUT2D eigenvalue weighted by atomic mass is 35.5. The van der Waals surface area contributed by atoms with Gasteiger partial charge >= 0.3 is 0 Å². The molecule has 1 heterocycles. The lowest BCUT2D eigenvalue weighted by Gasteiger charge is -2.22. The van der Waals surface area contributed by atoms with E-state index in [2.05, 4.69) is 10.3 Å². The van der Waals surface area contributed by atoms with E-state index in [1.807, 2.05) is 0 Å². The molecule has 2 N–H and O–H groups in total. The number of hydrogen-bond acceptors (Lipinski definition) is 5. The first-order chi connectivity index (χ1) is 12.5. The van der Waals surface area contributed by atoms with Crippen molar-refractivity contribution in [1.82, 2.24) is 14.9 Å². The quantitative estimate of drug-likeness (QED) is 0.602. The Bertz CT molecular complexity index is 850. The SMILES string of the molecule is O=C(CSc1nc(O)cc(=O)n1-c1cccc(Cl)c1)NC1CCCCC1. The van der Waals surface area contributed by atoms with Crippen LogP contribution in [-0.2, 0) is 4.79 Å². The molecule has 8 heteroatoms. The van der Waals surface area contributed by atoms with E-state index in [9.17, 15) is 14.7 Å². The lowest BCUT2D eigenvalue weighted by atomic mass is 9.95. The van der Waals surface area contributed by atoms with Crippen LogP contribution in [0.15, 0.2) is 40.3 Å². The first-order valence-electron chi connectivity index (χ1n) is 8.54. The van der Waals surface area contributed by atoms with Crippen LogP contribution < -0.4 is 10.9 Å². The predicted molar refractivity (Wildman–Crippen MR) is 102 cm³/mol. The van der Waals surface area contributed by atoms with Crippen LogP contribution >= 0.6 is 23.4 Å². The number of hydrogen-bond donors (Lipinski definition) is 2. The summed E-state index contributed by atoms with van der Waals surface area (Å²) in [6.07, 6.45) is 5.52. The Kier molecular flexibility index (Phi) is 6.21. The summed E-state index contributed by atoms with van der Waals surface area (Å²) in [4.78, 5) is 28.6. The molecule has 26 heavy (non-hydrogen) atoms. The van der Waals surface area contributed by atoms with Crippen molar-refractivity contribution in [2.24, 2.45) is 0 Å². The largest absolute Gasteiger partial charge is 0.493 e. The van der Waals surface area contributed by atoms with Crippen molar-refractivity contribution in [3.63, 3.8) is 0 Å². The molecule has 1 aliphatic carbocycles. The van der Waals surface area contributed by atoms with Gasteiger partial charge in [0.1, 0.15) is 0 Å². The molecule has 0 bridgehead atoms. The van der Waals surface area contributed by atoms with Crippen molar-refractivity contribution in [2.45, 2.75) is 43.3 Å². The van der Waals surface area contributed by atoms with Gasteiger partial charge < -0.3 is 10.4 Å². The molecule has 1 saturated carbocycles. The molecule has 0 radical (unpaired) electrons. The van der Waals surface area contributed by atoms with Gasteiger partial charge in [-0.1, -0.05) is 48.7 Å². The number of aromatic nitrogens is 2. The third-order valence-electron chi connectivity index (χ3n) is 4.24. The molecular weight excluding hydrogens is 374 g/mol. The molecule has 0 unspecified atom stereocenters. The van der Waals surface area contributed by atoms with E-state index in [1.54, 1.807) is 24.3 Å². The zero-order chi connectivity index (χ0) is 18.5. The fourth-order valence-electron chi connectivity index (χ4n) is 3.05. The van der Waals surface area contributed by atoms with Gasteiger partial charge in [0, 0.05) is 11.1 Å². The second-order valence-corrected chi connectivity index (χ2v) is 7.62. The summed E-state index contributed by atoms with van der Waals surface area (Å²) in [7, 11) is 0. The Balaban J connectivity index is 1.76. The van der Waals surface area contributed by atoms with Crippen LogP contribution in [0.5, 0.6) is 5.88 Å². The maximum absolute atomic E-state index is 12.3. The number of benzene rings is 1. The predicted octanol–water partition coefficient (Wildman–Crippen LogP) is 3.13. The van der Waals surface area contributed by atoms with Crippen molar-refractivity contribution >= 4 is 29.3 Å². The van der Waals surface area contributed by atoms with Crippen LogP contribution in [0.2, 0.25) is 5.02 Å². The van der Waals surface area contributed by atoms with Crippen LogP contribution in [-0.4, -0.2) is 32.4 Å². The zero-order valence-electron chi connectivity index (χ0n) is 14.2. The fourth-order valence-corrected chi connectivity index (χ4v) is 4.06. The van der Waals surface area contributed by atoms with Gasteiger partial charge in [-0.2, -0.15) is 4.98 Å². The highest BCUT2D eigenvalue weighted by molar-refractivity contribution is 7.99. The molecule has 1 amide bonds. The van der Waals surface area contributed by atoms with E-state index in [0.717, 1.165) is 43.5 Å². The Morgan fingerprint density at radius 1 is 1.31 bits per heavy atom. The number of aromatic hydroxyl groups is 1. The molecule has 1 fully saturated rings. The number of halogens is 1. The molecule has 3 rings (SSSR count). The minimum absolute atomic E-state index is 0.0999. The second-order valence-electron chi connectivity index (χ2n) is 6.24. The number of nitrogens with zero attached hydrogens (tertiary/aromatic N) is 2. The Hall–Kier alpha value is -1.99. The average molecular weight is 394 g/mol. The smallest absolute Gasteiger partial charge is 0.262 e. The number of carbonyl (C=O) groups excluding carboxylic acids is 1. The van der Waals surface area contributed by atoms with Crippen LogP contribution in [0.4, 0.5) is 0 Å². The third kappa shape index (κ3) is 4.80. The van der Waals surface area contributed by atoms with Gasteiger partial charge in [-0.3, -0.25) is 14.2 Å². The Morgan fingerprint density at radius 2 is 2.08 bits per heavy atom. The Morgan fingerprint density at radius 3 is 2.81 bits per heavy atom.